The molecule has 0 amide bonds. The molecule has 2 aromatic heterocycles. The Balaban J connectivity index is 1.72. The van der Waals surface area contributed by atoms with E-state index in [4.69, 9.17) is 0 Å². The molecule has 2 aliphatic heterocycles. The van der Waals surface area contributed by atoms with Gasteiger partial charge in [0.1, 0.15) is 17.7 Å². The molecule has 1 saturated heterocycles. The molecule has 0 bridgehead atoms. The van der Waals surface area contributed by atoms with E-state index in [1.165, 1.54) is 19.3 Å². The molecule has 4 heterocycles. The summed E-state index contributed by atoms with van der Waals surface area (Å²) in [5.74, 6) is 2.95. The first-order chi connectivity index (χ1) is 11.4. The average molecular weight is 308 g/mol. The number of fused-ring (bicyclic) bond motifs is 1. The van der Waals surface area contributed by atoms with Crippen LogP contribution in [0.3, 0.4) is 0 Å². The van der Waals surface area contributed by atoms with Gasteiger partial charge in [-0.05, 0) is 37.8 Å². The highest BCUT2D eigenvalue weighted by atomic mass is 15.3. The molecule has 0 unspecified atom stereocenters. The van der Waals surface area contributed by atoms with Crippen LogP contribution in [0.5, 0.6) is 0 Å². The highest BCUT2D eigenvalue weighted by Crippen LogP contribution is 2.36. The Morgan fingerprint density at radius 1 is 1.13 bits per heavy atom. The topological polar surface area (TPSA) is 70.6 Å². The highest BCUT2D eigenvalue weighted by molar-refractivity contribution is 5.55. The molecule has 2 aliphatic rings. The summed E-state index contributed by atoms with van der Waals surface area (Å²) >= 11 is 0. The summed E-state index contributed by atoms with van der Waals surface area (Å²) in [5.41, 5.74) is 0.634. The molecule has 118 valence electrons. The molecule has 0 spiro atoms. The van der Waals surface area contributed by atoms with Gasteiger partial charge >= 0.3 is 0 Å². The second-order valence-corrected chi connectivity index (χ2v) is 6.27. The van der Waals surface area contributed by atoms with Crippen molar-refractivity contribution in [2.75, 3.05) is 11.4 Å². The van der Waals surface area contributed by atoms with Gasteiger partial charge in [-0.2, -0.15) is 5.26 Å². The lowest BCUT2D eigenvalue weighted by molar-refractivity contribution is 0.558. The maximum absolute atomic E-state index is 9.38. The minimum absolute atomic E-state index is 0.177. The lowest BCUT2D eigenvalue weighted by Crippen LogP contribution is -2.27. The number of aromatic nitrogens is 4. The zero-order valence-corrected chi connectivity index (χ0v) is 13.1. The molecule has 0 N–H and O–H groups in total. The van der Waals surface area contributed by atoms with Gasteiger partial charge in [-0.1, -0.05) is 6.42 Å². The van der Waals surface area contributed by atoms with Gasteiger partial charge in [-0.25, -0.2) is 4.98 Å². The second-order valence-electron chi connectivity index (χ2n) is 6.27. The third-order valence-corrected chi connectivity index (χ3v) is 4.87. The number of rotatable bonds is 2. The summed E-state index contributed by atoms with van der Waals surface area (Å²) in [4.78, 5) is 6.71. The second kappa shape index (κ2) is 5.99. The Morgan fingerprint density at radius 3 is 3.00 bits per heavy atom. The van der Waals surface area contributed by atoms with Crippen molar-refractivity contribution >= 4 is 5.82 Å². The molecule has 4 rings (SSSR count). The first-order valence-electron chi connectivity index (χ1n) is 8.42. The van der Waals surface area contributed by atoms with Gasteiger partial charge < -0.3 is 9.47 Å². The van der Waals surface area contributed by atoms with Crippen LogP contribution in [0.15, 0.2) is 18.3 Å². The predicted octanol–water partition coefficient (Wildman–Crippen LogP) is 2.61. The Kier molecular flexibility index (Phi) is 3.70. The van der Waals surface area contributed by atoms with Gasteiger partial charge in [0.25, 0.3) is 0 Å². The van der Waals surface area contributed by atoms with E-state index in [0.29, 0.717) is 5.56 Å². The fourth-order valence-corrected chi connectivity index (χ4v) is 3.76. The zero-order chi connectivity index (χ0) is 15.6. The van der Waals surface area contributed by atoms with Gasteiger partial charge in [-0.15, -0.1) is 10.2 Å². The predicted molar refractivity (Wildman–Crippen MR) is 85.9 cm³/mol. The quantitative estimate of drug-likeness (QED) is 0.853. The molecular formula is C17H20N6. The van der Waals surface area contributed by atoms with E-state index in [0.717, 1.165) is 49.8 Å². The van der Waals surface area contributed by atoms with Crippen LogP contribution in [0.1, 0.15) is 55.4 Å². The maximum Gasteiger partial charge on any atom is 0.155 e. The normalized spacial score (nSPS) is 20.8. The van der Waals surface area contributed by atoms with Crippen molar-refractivity contribution in [1.29, 1.82) is 5.26 Å². The first-order valence-corrected chi connectivity index (χ1v) is 8.42. The number of aryl methyl sites for hydroxylation is 1. The lowest BCUT2D eigenvalue weighted by atomic mass is 10.2. The number of pyridine rings is 1. The Morgan fingerprint density at radius 2 is 2.09 bits per heavy atom. The summed E-state index contributed by atoms with van der Waals surface area (Å²) in [6.45, 7) is 1.92. The van der Waals surface area contributed by atoms with E-state index in [1.54, 1.807) is 6.20 Å². The third kappa shape index (κ3) is 2.46. The molecule has 2 aromatic rings. The third-order valence-electron chi connectivity index (χ3n) is 4.87. The van der Waals surface area contributed by atoms with E-state index in [1.807, 2.05) is 12.1 Å². The van der Waals surface area contributed by atoms with Crippen molar-refractivity contribution < 1.29 is 0 Å². The van der Waals surface area contributed by atoms with Gasteiger partial charge in [0.15, 0.2) is 5.82 Å². The molecule has 0 aliphatic carbocycles. The summed E-state index contributed by atoms with van der Waals surface area (Å²) in [6, 6.07) is 6.09. The van der Waals surface area contributed by atoms with Gasteiger partial charge in [-0.3, -0.25) is 0 Å². The molecule has 6 nitrogen and oxygen atoms in total. The molecule has 0 radical (unpaired) electrons. The van der Waals surface area contributed by atoms with E-state index in [2.05, 4.69) is 30.7 Å². The van der Waals surface area contributed by atoms with Crippen LogP contribution in [0.25, 0.3) is 0 Å². The molecular weight excluding hydrogens is 288 g/mol. The van der Waals surface area contributed by atoms with Crippen LogP contribution in [0, 0.1) is 11.3 Å². The fourth-order valence-electron chi connectivity index (χ4n) is 3.76. The lowest BCUT2D eigenvalue weighted by Gasteiger charge is -2.26. The number of hydrogen-bond donors (Lipinski definition) is 0. The Labute approximate surface area is 135 Å². The van der Waals surface area contributed by atoms with Gasteiger partial charge in [0.2, 0.25) is 0 Å². The maximum atomic E-state index is 9.38. The van der Waals surface area contributed by atoms with Crippen molar-refractivity contribution in [3.05, 3.63) is 35.5 Å². The SMILES string of the molecule is N#Cc1cccnc1N1CCC[C@@H]1c1nnc2n1CCCCC2. The van der Waals surface area contributed by atoms with E-state index in [9.17, 15) is 5.26 Å². The van der Waals surface area contributed by atoms with Crippen LogP contribution < -0.4 is 4.90 Å². The van der Waals surface area contributed by atoms with E-state index < -0.39 is 0 Å². The number of nitriles is 1. The van der Waals surface area contributed by atoms with E-state index >= 15 is 0 Å². The zero-order valence-electron chi connectivity index (χ0n) is 13.1. The smallest absolute Gasteiger partial charge is 0.155 e. The molecule has 1 atom stereocenters. The largest absolute Gasteiger partial charge is 0.345 e. The number of nitrogens with zero attached hydrogens (tertiary/aromatic N) is 6. The van der Waals surface area contributed by atoms with Crippen LogP contribution in [-0.2, 0) is 13.0 Å². The number of hydrogen-bond acceptors (Lipinski definition) is 5. The van der Waals surface area contributed by atoms with Crippen LogP contribution in [0.2, 0.25) is 0 Å². The van der Waals surface area contributed by atoms with Gasteiger partial charge in [0.05, 0.1) is 11.6 Å². The van der Waals surface area contributed by atoms with Crippen LogP contribution >= 0.6 is 0 Å². The summed E-state index contributed by atoms with van der Waals surface area (Å²) in [6.07, 6.45) is 8.57. The molecule has 0 saturated carbocycles. The van der Waals surface area contributed by atoms with Crippen molar-refractivity contribution in [3.63, 3.8) is 0 Å². The molecule has 6 heteroatoms. The summed E-state index contributed by atoms with van der Waals surface area (Å²) in [5, 5.41) is 18.3. The van der Waals surface area contributed by atoms with Crippen molar-refractivity contribution in [1.82, 2.24) is 19.7 Å². The molecule has 23 heavy (non-hydrogen) atoms. The van der Waals surface area contributed by atoms with Crippen LogP contribution in [-0.4, -0.2) is 26.3 Å². The molecule has 0 aromatic carbocycles. The van der Waals surface area contributed by atoms with Gasteiger partial charge in [0, 0.05) is 25.7 Å². The Hall–Kier alpha value is -2.42. The highest BCUT2D eigenvalue weighted by Gasteiger charge is 2.33. The summed E-state index contributed by atoms with van der Waals surface area (Å²) < 4.78 is 2.31. The van der Waals surface area contributed by atoms with E-state index in [-0.39, 0.29) is 6.04 Å². The molecule has 1 fully saturated rings. The summed E-state index contributed by atoms with van der Waals surface area (Å²) in [7, 11) is 0. The van der Waals surface area contributed by atoms with Crippen molar-refractivity contribution in [2.45, 2.75) is 51.1 Å². The number of anilines is 1. The van der Waals surface area contributed by atoms with Crippen LogP contribution in [0.4, 0.5) is 5.82 Å². The minimum Gasteiger partial charge on any atom is -0.345 e. The Bertz CT molecular complexity index is 744. The first kappa shape index (κ1) is 14.2. The average Bonchev–Trinajstić information content (AvgIpc) is 3.15. The van der Waals surface area contributed by atoms with Crippen molar-refractivity contribution in [2.24, 2.45) is 0 Å². The minimum atomic E-state index is 0.177. The standard InChI is InChI=1S/C17H20N6/c18-12-13-6-4-9-19-16(13)22-11-5-7-14(22)17-21-20-15-8-2-1-3-10-23(15)17/h4,6,9,14H,1-3,5,7-8,10-11H2/t14-/m1/s1. The monoisotopic (exact) mass is 308 g/mol. The van der Waals surface area contributed by atoms with Crippen molar-refractivity contribution in [3.8, 4) is 6.07 Å². The fraction of sp³-hybridized carbons (Fsp3) is 0.529.